The largest absolute Gasteiger partial charge is 0.497 e. The number of anilines is 2. The molecule has 1 aliphatic rings. The summed E-state index contributed by atoms with van der Waals surface area (Å²) in [6, 6.07) is 15.3. The average Bonchev–Trinajstić information content (AvgIpc) is 3.35. The van der Waals surface area contributed by atoms with E-state index in [4.69, 9.17) is 4.74 Å². The minimum absolute atomic E-state index is 0.0351. The maximum Gasteiger partial charge on any atom is 0.231 e. The van der Waals surface area contributed by atoms with Crippen LogP contribution in [0.4, 0.5) is 10.8 Å². The summed E-state index contributed by atoms with van der Waals surface area (Å²) < 4.78 is 5.17. The van der Waals surface area contributed by atoms with Crippen LogP contribution in [-0.2, 0) is 9.59 Å². The highest BCUT2D eigenvalue weighted by Gasteiger charge is 2.35. The van der Waals surface area contributed by atoms with Crippen molar-refractivity contribution in [1.82, 2.24) is 4.98 Å². The molecule has 4 rings (SSSR count). The molecule has 0 saturated carbocycles. The van der Waals surface area contributed by atoms with Crippen molar-refractivity contribution in [3.8, 4) is 17.0 Å². The van der Waals surface area contributed by atoms with Crippen molar-refractivity contribution in [2.45, 2.75) is 13.3 Å². The van der Waals surface area contributed by atoms with Crippen LogP contribution < -0.4 is 15.0 Å². The molecule has 1 aliphatic heterocycles. The van der Waals surface area contributed by atoms with Crippen molar-refractivity contribution >= 4 is 34.0 Å². The van der Waals surface area contributed by atoms with Gasteiger partial charge in [0.05, 0.1) is 18.7 Å². The predicted octanol–water partition coefficient (Wildman–Crippen LogP) is 4.12. The first-order chi connectivity index (χ1) is 14.0. The zero-order valence-corrected chi connectivity index (χ0v) is 17.0. The Bertz CT molecular complexity index is 1030. The lowest BCUT2D eigenvalue weighted by atomic mass is 10.1. The molecular formula is C22H21N3O3S. The van der Waals surface area contributed by atoms with Gasteiger partial charge in [0.2, 0.25) is 11.8 Å². The molecule has 3 aromatic rings. The predicted molar refractivity (Wildman–Crippen MR) is 114 cm³/mol. The number of ether oxygens (including phenoxy) is 1. The second kappa shape index (κ2) is 8.05. The molecule has 1 saturated heterocycles. The molecular weight excluding hydrogens is 386 g/mol. The van der Waals surface area contributed by atoms with Gasteiger partial charge < -0.3 is 15.0 Å². The summed E-state index contributed by atoms with van der Waals surface area (Å²) in [6.45, 7) is 2.38. The first kappa shape index (κ1) is 19.1. The summed E-state index contributed by atoms with van der Waals surface area (Å²) in [7, 11) is 1.62. The number of thiazole rings is 1. The Balaban J connectivity index is 1.41. The Morgan fingerprint density at radius 2 is 1.90 bits per heavy atom. The summed E-state index contributed by atoms with van der Waals surface area (Å²) in [4.78, 5) is 31.2. The molecule has 1 N–H and O–H groups in total. The van der Waals surface area contributed by atoms with Crippen molar-refractivity contribution in [1.29, 1.82) is 0 Å². The van der Waals surface area contributed by atoms with Gasteiger partial charge in [0, 0.05) is 29.6 Å². The second-order valence-electron chi connectivity index (χ2n) is 7.00. The number of methoxy groups -OCH3 is 1. The van der Waals surface area contributed by atoms with Gasteiger partial charge >= 0.3 is 0 Å². The first-order valence-electron chi connectivity index (χ1n) is 9.31. The van der Waals surface area contributed by atoms with Gasteiger partial charge in [-0.25, -0.2) is 4.98 Å². The maximum atomic E-state index is 12.7. The van der Waals surface area contributed by atoms with Crippen molar-refractivity contribution in [2.75, 3.05) is 23.9 Å². The topological polar surface area (TPSA) is 71.5 Å². The van der Waals surface area contributed by atoms with E-state index in [1.54, 1.807) is 12.0 Å². The number of carbonyl (C=O) groups excluding carboxylic acids is 2. The van der Waals surface area contributed by atoms with Crippen LogP contribution in [0.25, 0.3) is 11.3 Å². The molecule has 2 aromatic carbocycles. The fourth-order valence-corrected chi connectivity index (χ4v) is 4.01. The molecule has 0 radical (unpaired) electrons. The molecule has 0 unspecified atom stereocenters. The van der Waals surface area contributed by atoms with E-state index in [9.17, 15) is 9.59 Å². The van der Waals surface area contributed by atoms with Gasteiger partial charge in [-0.15, -0.1) is 11.3 Å². The molecule has 1 aromatic heterocycles. The smallest absolute Gasteiger partial charge is 0.231 e. The van der Waals surface area contributed by atoms with Crippen LogP contribution in [0.3, 0.4) is 0 Å². The van der Waals surface area contributed by atoms with Gasteiger partial charge in [-0.1, -0.05) is 17.7 Å². The fourth-order valence-electron chi connectivity index (χ4n) is 3.29. The van der Waals surface area contributed by atoms with E-state index < -0.39 is 5.92 Å². The molecule has 1 fully saturated rings. The Labute approximate surface area is 173 Å². The Hall–Kier alpha value is -3.19. The first-order valence-corrected chi connectivity index (χ1v) is 10.2. The van der Waals surface area contributed by atoms with Crippen molar-refractivity contribution in [2.24, 2.45) is 5.92 Å². The molecule has 2 heterocycles. The van der Waals surface area contributed by atoms with Gasteiger partial charge in [0.15, 0.2) is 5.13 Å². The van der Waals surface area contributed by atoms with Crippen molar-refractivity contribution < 1.29 is 14.3 Å². The summed E-state index contributed by atoms with van der Waals surface area (Å²) in [5, 5.41) is 5.29. The molecule has 148 valence electrons. The maximum absolute atomic E-state index is 12.7. The Kier molecular flexibility index (Phi) is 5.31. The van der Waals surface area contributed by atoms with Crippen LogP contribution in [0, 0.1) is 12.8 Å². The lowest BCUT2D eigenvalue weighted by molar-refractivity contribution is -0.122. The minimum atomic E-state index is -0.392. The van der Waals surface area contributed by atoms with Crippen LogP contribution in [0.2, 0.25) is 0 Å². The molecule has 0 bridgehead atoms. The van der Waals surface area contributed by atoms with E-state index in [-0.39, 0.29) is 18.2 Å². The zero-order chi connectivity index (χ0) is 20.4. The minimum Gasteiger partial charge on any atom is -0.497 e. The fraction of sp³-hybridized carbons (Fsp3) is 0.227. The summed E-state index contributed by atoms with van der Waals surface area (Å²) in [5.41, 5.74) is 3.69. The van der Waals surface area contributed by atoms with Crippen LogP contribution in [0.5, 0.6) is 5.75 Å². The number of amides is 2. The van der Waals surface area contributed by atoms with E-state index in [0.29, 0.717) is 11.7 Å². The third-order valence-corrected chi connectivity index (χ3v) is 5.72. The normalized spacial score (nSPS) is 16.1. The second-order valence-corrected chi connectivity index (χ2v) is 7.85. The van der Waals surface area contributed by atoms with Gasteiger partial charge in [0.1, 0.15) is 5.75 Å². The summed E-state index contributed by atoms with van der Waals surface area (Å²) >= 11 is 1.37. The number of rotatable bonds is 5. The molecule has 7 heteroatoms. The van der Waals surface area contributed by atoms with Crippen molar-refractivity contribution in [3.05, 3.63) is 59.5 Å². The number of aromatic nitrogens is 1. The van der Waals surface area contributed by atoms with Gasteiger partial charge in [0.25, 0.3) is 0 Å². The molecule has 1 atom stereocenters. The van der Waals surface area contributed by atoms with Gasteiger partial charge in [-0.2, -0.15) is 0 Å². The number of nitrogens with one attached hydrogen (secondary N) is 1. The molecule has 0 aliphatic carbocycles. The Morgan fingerprint density at radius 3 is 2.59 bits per heavy atom. The highest BCUT2D eigenvalue weighted by molar-refractivity contribution is 7.14. The zero-order valence-electron chi connectivity index (χ0n) is 16.2. The van der Waals surface area contributed by atoms with E-state index in [1.165, 1.54) is 11.3 Å². The lowest BCUT2D eigenvalue weighted by Gasteiger charge is -2.16. The number of carbonyl (C=O) groups is 2. The third-order valence-electron chi connectivity index (χ3n) is 4.96. The monoisotopic (exact) mass is 407 g/mol. The van der Waals surface area contributed by atoms with E-state index in [2.05, 4.69) is 10.3 Å². The van der Waals surface area contributed by atoms with Crippen LogP contribution in [0.15, 0.2) is 53.9 Å². The van der Waals surface area contributed by atoms with Crippen LogP contribution >= 0.6 is 11.3 Å². The van der Waals surface area contributed by atoms with E-state index >= 15 is 0 Å². The molecule has 29 heavy (non-hydrogen) atoms. The van der Waals surface area contributed by atoms with E-state index in [1.807, 2.05) is 60.8 Å². The number of hydrogen-bond acceptors (Lipinski definition) is 5. The highest BCUT2D eigenvalue weighted by atomic mass is 32.1. The SMILES string of the molecule is COc1ccc(-c2csc(NC(=O)[C@H]3CC(=O)N(c4ccc(C)cc4)C3)n2)cc1. The quantitative estimate of drug-likeness (QED) is 0.691. The number of benzene rings is 2. The summed E-state index contributed by atoms with van der Waals surface area (Å²) in [5.74, 6) is 0.175. The van der Waals surface area contributed by atoms with Crippen LogP contribution in [-0.4, -0.2) is 30.5 Å². The molecule has 0 spiro atoms. The molecule has 6 nitrogen and oxygen atoms in total. The van der Waals surface area contributed by atoms with Crippen molar-refractivity contribution in [3.63, 3.8) is 0 Å². The highest BCUT2D eigenvalue weighted by Crippen LogP contribution is 2.29. The lowest BCUT2D eigenvalue weighted by Crippen LogP contribution is -2.28. The van der Waals surface area contributed by atoms with Gasteiger partial charge in [-0.3, -0.25) is 9.59 Å². The average molecular weight is 407 g/mol. The number of aryl methyl sites for hydroxylation is 1. The number of hydrogen-bond donors (Lipinski definition) is 1. The van der Waals surface area contributed by atoms with Crippen LogP contribution in [0.1, 0.15) is 12.0 Å². The van der Waals surface area contributed by atoms with Gasteiger partial charge in [-0.05, 0) is 43.3 Å². The Morgan fingerprint density at radius 1 is 1.17 bits per heavy atom. The third kappa shape index (κ3) is 4.14. The number of nitrogens with zero attached hydrogens (tertiary/aromatic N) is 2. The summed E-state index contributed by atoms with van der Waals surface area (Å²) in [6.07, 6.45) is 0.205. The standard InChI is InChI=1S/C22H21N3O3S/c1-14-3-7-17(8-4-14)25-12-16(11-20(25)26)21(27)24-22-23-19(13-29-22)15-5-9-18(28-2)10-6-15/h3-10,13,16H,11-12H2,1-2H3,(H,23,24,27)/t16-/m0/s1. The molecule has 2 amide bonds. The van der Waals surface area contributed by atoms with E-state index in [0.717, 1.165) is 28.3 Å².